The summed E-state index contributed by atoms with van der Waals surface area (Å²) in [4.78, 5) is 12.9. The van der Waals surface area contributed by atoms with Gasteiger partial charge in [0.2, 0.25) is 0 Å². The number of benzene rings is 2. The van der Waals surface area contributed by atoms with Crippen LogP contribution in [0, 0.1) is 6.92 Å². The molecule has 5 heteroatoms. The molecule has 5 rings (SSSR count). The van der Waals surface area contributed by atoms with Crippen molar-refractivity contribution in [3.8, 4) is 0 Å². The maximum atomic E-state index is 12.9. The Kier molecular flexibility index (Phi) is 6.03. The molecule has 2 N–H and O–H groups in total. The number of para-hydroxylation sites is 1. The highest BCUT2D eigenvalue weighted by Crippen LogP contribution is 2.40. The van der Waals surface area contributed by atoms with Gasteiger partial charge in [-0.05, 0) is 80.5 Å². The van der Waals surface area contributed by atoms with E-state index in [9.17, 15) is 4.79 Å². The molecule has 0 radical (unpaired) electrons. The zero-order valence-corrected chi connectivity index (χ0v) is 19.9. The second kappa shape index (κ2) is 9.11. The molecule has 1 aliphatic carbocycles. The molecule has 1 atom stereocenters. The first-order valence-electron chi connectivity index (χ1n) is 11.8. The molecule has 2 aliphatic rings. The number of carbonyl (C=O) groups is 1. The summed E-state index contributed by atoms with van der Waals surface area (Å²) in [7, 11) is 0. The highest BCUT2D eigenvalue weighted by atomic mass is 35.5. The van der Waals surface area contributed by atoms with Crippen LogP contribution in [0.25, 0.3) is 11.6 Å². The number of hydrogen-bond acceptors (Lipinski definition) is 3. The number of carbonyl (C=O) groups excluding carboxylic acids is 1. The van der Waals surface area contributed by atoms with E-state index in [1.54, 1.807) is 0 Å². The SMILES string of the molecule is CCC(Cc1c(C=C2C(=O)Nc3c(C)cc(Cl)cc32)oc2c1CCCC2)Nc1ccccc1. The number of anilines is 2. The van der Waals surface area contributed by atoms with E-state index < -0.39 is 0 Å². The van der Waals surface area contributed by atoms with E-state index in [4.69, 9.17) is 16.0 Å². The van der Waals surface area contributed by atoms with Gasteiger partial charge in [0.25, 0.3) is 5.91 Å². The number of aryl methyl sites for hydroxylation is 2. The van der Waals surface area contributed by atoms with Gasteiger partial charge in [0.1, 0.15) is 11.5 Å². The third kappa shape index (κ3) is 4.32. The van der Waals surface area contributed by atoms with Gasteiger partial charge in [0.15, 0.2) is 0 Å². The van der Waals surface area contributed by atoms with Crippen molar-refractivity contribution in [3.05, 3.63) is 81.3 Å². The predicted octanol–water partition coefficient (Wildman–Crippen LogP) is 7.05. The molecule has 0 saturated heterocycles. The molecule has 4 nitrogen and oxygen atoms in total. The Labute approximate surface area is 200 Å². The fourth-order valence-corrected chi connectivity index (χ4v) is 5.28. The Bertz CT molecular complexity index is 1230. The molecule has 1 unspecified atom stereocenters. The molecule has 3 aromatic rings. The molecule has 170 valence electrons. The topological polar surface area (TPSA) is 54.3 Å². The van der Waals surface area contributed by atoms with E-state index in [1.807, 2.05) is 43.3 Å². The van der Waals surface area contributed by atoms with E-state index in [0.717, 1.165) is 66.1 Å². The first-order chi connectivity index (χ1) is 16.0. The van der Waals surface area contributed by atoms with Crippen LogP contribution in [0.2, 0.25) is 5.02 Å². The molecule has 1 aliphatic heterocycles. The van der Waals surface area contributed by atoms with E-state index in [0.29, 0.717) is 10.6 Å². The number of halogens is 1. The lowest BCUT2D eigenvalue weighted by Gasteiger charge is -2.20. The minimum Gasteiger partial charge on any atom is -0.461 e. The average molecular weight is 461 g/mol. The molecule has 33 heavy (non-hydrogen) atoms. The third-order valence-electron chi connectivity index (χ3n) is 6.75. The minimum atomic E-state index is -0.106. The third-order valence-corrected chi connectivity index (χ3v) is 6.97. The quantitative estimate of drug-likeness (QED) is 0.387. The zero-order valence-electron chi connectivity index (χ0n) is 19.1. The van der Waals surface area contributed by atoms with Gasteiger partial charge >= 0.3 is 0 Å². The lowest BCUT2D eigenvalue weighted by Crippen LogP contribution is -2.22. The van der Waals surface area contributed by atoms with Crippen molar-refractivity contribution in [1.29, 1.82) is 0 Å². The van der Waals surface area contributed by atoms with Crippen LogP contribution in [0.15, 0.2) is 46.9 Å². The van der Waals surface area contributed by atoms with Gasteiger partial charge in [-0.3, -0.25) is 4.79 Å². The Morgan fingerprint density at radius 3 is 2.76 bits per heavy atom. The summed E-state index contributed by atoms with van der Waals surface area (Å²) in [6, 6.07) is 14.3. The zero-order chi connectivity index (χ0) is 22.9. The monoisotopic (exact) mass is 460 g/mol. The fourth-order valence-electron chi connectivity index (χ4n) is 5.01. The lowest BCUT2D eigenvalue weighted by atomic mass is 9.90. The Morgan fingerprint density at radius 1 is 1.18 bits per heavy atom. The van der Waals surface area contributed by atoms with Crippen LogP contribution in [0.1, 0.15) is 60.0 Å². The van der Waals surface area contributed by atoms with Crippen LogP contribution in [-0.4, -0.2) is 11.9 Å². The second-order valence-corrected chi connectivity index (χ2v) is 9.47. The summed E-state index contributed by atoms with van der Waals surface area (Å²) in [6.07, 6.45) is 8.09. The molecule has 0 bridgehead atoms. The van der Waals surface area contributed by atoms with Gasteiger partial charge in [-0.2, -0.15) is 0 Å². The molecule has 2 heterocycles. The Balaban J connectivity index is 1.54. The normalized spacial score (nSPS) is 16.9. The molecular weight excluding hydrogens is 432 g/mol. The van der Waals surface area contributed by atoms with Crippen molar-refractivity contribution < 1.29 is 9.21 Å². The van der Waals surface area contributed by atoms with Crippen LogP contribution < -0.4 is 10.6 Å². The van der Waals surface area contributed by atoms with Gasteiger partial charge in [-0.25, -0.2) is 0 Å². The standard InChI is InChI=1S/C28H29ClN2O2/c1-3-19(30-20-9-5-4-6-10-20)15-22-21-11-7-8-12-25(21)33-26(22)16-24-23-14-18(29)13-17(2)27(23)31-28(24)32/h4-6,9-10,13-14,16,19,30H,3,7-8,11-12,15H2,1-2H3,(H,31,32). The highest BCUT2D eigenvalue weighted by molar-refractivity contribution is 6.37. The van der Waals surface area contributed by atoms with Gasteiger partial charge < -0.3 is 15.1 Å². The van der Waals surface area contributed by atoms with Gasteiger partial charge in [-0.15, -0.1) is 0 Å². The first kappa shape index (κ1) is 21.8. The Morgan fingerprint density at radius 2 is 1.97 bits per heavy atom. The highest BCUT2D eigenvalue weighted by Gasteiger charge is 2.29. The van der Waals surface area contributed by atoms with E-state index in [2.05, 4.69) is 29.7 Å². The lowest BCUT2D eigenvalue weighted by molar-refractivity contribution is -0.110. The minimum absolute atomic E-state index is 0.106. The van der Waals surface area contributed by atoms with Crippen LogP contribution in [0.3, 0.4) is 0 Å². The predicted molar refractivity (Wildman–Crippen MR) is 136 cm³/mol. The van der Waals surface area contributed by atoms with Crippen molar-refractivity contribution in [1.82, 2.24) is 0 Å². The molecule has 2 aromatic carbocycles. The van der Waals surface area contributed by atoms with E-state index >= 15 is 0 Å². The smallest absolute Gasteiger partial charge is 0.256 e. The van der Waals surface area contributed by atoms with Crippen molar-refractivity contribution in [2.45, 2.75) is 58.4 Å². The summed E-state index contributed by atoms with van der Waals surface area (Å²) in [5.41, 5.74) is 6.95. The van der Waals surface area contributed by atoms with Gasteiger partial charge in [0.05, 0.1) is 11.3 Å². The number of hydrogen-bond donors (Lipinski definition) is 2. The van der Waals surface area contributed by atoms with Crippen LogP contribution >= 0.6 is 11.6 Å². The summed E-state index contributed by atoms with van der Waals surface area (Å²) >= 11 is 6.33. The summed E-state index contributed by atoms with van der Waals surface area (Å²) in [6.45, 7) is 4.17. The molecule has 1 aromatic heterocycles. The largest absolute Gasteiger partial charge is 0.461 e. The van der Waals surface area contributed by atoms with Gasteiger partial charge in [0, 0.05) is 34.3 Å². The van der Waals surface area contributed by atoms with E-state index in [1.165, 1.54) is 17.5 Å². The number of fused-ring (bicyclic) bond motifs is 2. The molecule has 0 spiro atoms. The van der Waals surface area contributed by atoms with Crippen LogP contribution in [0.5, 0.6) is 0 Å². The Hall–Kier alpha value is -2.98. The maximum absolute atomic E-state index is 12.9. The van der Waals surface area contributed by atoms with Crippen LogP contribution in [-0.2, 0) is 24.1 Å². The van der Waals surface area contributed by atoms with Crippen molar-refractivity contribution in [2.75, 3.05) is 10.6 Å². The molecule has 0 fully saturated rings. The summed E-state index contributed by atoms with van der Waals surface area (Å²) in [5, 5.41) is 7.31. The number of furan rings is 1. The maximum Gasteiger partial charge on any atom is 0.256 e. The first-order valence-corrected chi connectivity index (χ1v) is 12.2. The molecule has 1 amide bonds. The molecule has 0 saturated carbocycles. The van der Waals surface area contributed by atoms with Gasteiger partial charge in [-0.1, -0.05) is 36.7 Å². The molecular formula is C28H29ClN2O2. The van der Waals surface area contributed by atoms with E-state index in [-0.39, 0.29) is 11.9 Å². The van der Waals surface area contributed by atoms with Crippen molar-refractivity contribution in [3.63, 3.8) is 0 Å². The number of rotatable bonds is 6. The fraction of sp³-hybridized carbons (Fsp3) is 0.321. The van der Waals surface area contributed by atoms with Crippen molar-refractivity contribution in [2.24, 2.45) is 0 Å². The van der Waals surface area contributed by atoms with Crippen LogP contribution in [0.4, 0.5) is 11.4 Å². The summed E-state index contributed by atoms with van der Waals surface area (Å²) in [5.74, 6) is 1.79. The second-order valence-electron chi connectivity index (χ2n) is 9.03. The summed E-state index contributed by atoms with van der Waals surface area (Å²) < 4.78 is 6.40. The number of amides is 1. The van der Waals surface area contributed by atoms with Crippen molar-refractivity contribution >= 4 is 40.5 Å². The number of nitrogens with one attached hydrogen (secondary N) is 2. The average Bonchev–Trinajstić information content (AvgIpc) is 3.32.